The van der Waals surface area contributed by atoms with Crippen molar-refractivity contribution in [3.8, 4) is 17.2 Å². The van der Waals surface area contributed by atoms with Crippen molar-refractivity contribution in [1.29, 1.82) is 0 Å². The molecule has 0 saturated heterocycles. The number of amides is 1. The topological polar surface area (TPSA) is 109 Å². The number of ketones is 1. The van der Waals surface area contributed by atoms with Gasteiger partial charge in [-0.1, -0.05) is 42.5 Å². The zero-order valence-electron chi connectivity index (χ0n) is 20.3. The number of hydrogen-bond donors (Lipinski definition) is 2. The summed E-state index contributed by atoms with van der Waals surface area (Å²) >= 11 is 0. The molecule has 0 fully saturated rings. The lowest BCUT2D eigenvalue weighted by atomic mass is 9.94. The van der Waals surface area contributed by atoms with Crippen LogP contribution in [0.2, 0.25) is 0 Å². The Balaban J connectivity index is 1.63. The third-order valence-corrected chi connectivity index (χ3v) is 6.33. The van der Waals surface area contributed by atoms with Gasteiger partial charge in [-0.25, -0.2) is 0 Å². The number of furan rings is 1. The number of phenolic OH excluding ortho intramolecular Hbond substituents is 1. The molecule has 0 bridgehead atoms. The first-order valence-corrected chi connectivity index (χ1v) is 11.8. The van der Waals surface area contributed by atoms with Gasteiger partial charge in [0, 0.05) is 10.9 Å². The van der Waals surface area contributed by atoms with E-state index in [0.717, 1.165) is 5.39 Å². The number of ether oxygens (including phenoxy) is 2. The van der Waals surface area contributed by atoms with Gasteiger partial charge in [-0.05, 0) is 42.8 Å². The summed E-state index contributed by atoms with van der Waals surface area (Å²) in [5, 5.41) is 22.0. The minimum absolute atomic E-state index is 0.00324. The number of aromatic hydroxyl groups is 1. The standard InChI is InChI=1S/C29H25NO7/c1-3-36-23-15-18(12-13-20(23)31)26-25(27(32)24-14-17-8-4-7-11-22(17)37-24)28(33)29(34)30(26)16-19-9-5-6-10-21(19)35-2/h4-15,26,31,33H,3,16H2,1-2H3. The number of fused-ring (bicyclic) bond motifs is 1. The first kappa shape index (κ1) is 24.0. The fraction of sp³-hybridized carbons (Fsp3) is 0.172. The summed E-state index contributed by atoms with van der Waals surface area (Å²) in [7, 11) is 1.53. The second-order valence-corrected chi connectivity index (χ2v) is 8.55. The summed E-state index contributed by atoms with van der Waals surface area (Å²) in [4.78, 5) is 28.6. The van der Waals surface area contributed by atoms with Gasteiger partial charge >= 0.3 is 0 Å². The molecule has 2 N–H and O–H groups in total. The van der Waals surface area contributed by atoms with E-state index in [0.29, 0.717) is 29.1 Å². The van der Waals surface area contributed by atoms with Crippen LogP contribution in [-0.4, -0.2) is 40.5 Å². The zero-order valence-corrected chi connectivity index (χ0v) is 20.3. The van der Waals surface area contributed by atoms with E-state index in [1.54, 1.807) is 43.3 Å². The predicted molar refractivity (Wildman–Crippen MR) is 136 cm³/mol. The van der Waals surface area contributed by atoms with Crippen LogP contribution in [0.3, 0.4) is 0 Å². The van der Waals surface area contributed by atoms with Crippen molar-refractivity contribution in [3.63, 3.8) is 0 Å². The van der Waals surface area contributed by atoms with Crippen LogP contribution in [0.15, 0.2) is 88.5 Å². The maximum absolute atomic E-state index is 13.8. The smallest absolute Gasteiger partial charge is 0.290 e. The molecular weight excluding hydrogens is 474 g/mol. The summed E-state index contributed by atoms with van der Waals surface area (Å²) in [6.07, 6.45) is 0. The monoisotopic (exact) mass is 499 g/mol. The number of Topliss-reactive ketones (excluding diaryl/α,β-unsaturated/α-hetero) is 1. The molecule has 1 atom stereocenters. The van der Waals surface area contributed by atoms with Crippen LogP contribution in [0.4, 0.5) is 0 Å². The normalized spacial score (nSPS) is 15.5. The van der Waals surface area contributed by atoms with Gasteiger partial charge in [0.25, 0.3) is 5.91 Å². The SMILES string of the molecule is CCOc1cc(C2C(C(=O)c3cc4ccccc4o3)=C(O)C(=O)N2Cc2ccccc2OC)ccc1O. The van der Waals surface area contributed by atoms with Crippen molar-refractivity contribution in [3.05, 3.63) is 101 Å². The Labute approximate surface area is 213 Å². The average molecular weight is 500 g/mol. The molecule has 3 aromatic carbocycles. The van der Waals surface area contributed by atoms with Gasteiger partial charge in [-0.2, -0.15) is 0 Å². The number of hydrogen-bond acceptors (Lipinski definition) is 7. The fourth-order valence-corrected chi connectivity index (χ4v) is 4.61. The highest BCUT2D eigenvalue weighted by molar-refractivity contribution is 6.16. The molecule has 1 aliphatic heterocycles. The quantitative estimate of drug-likeness (QED) is 0.316. The van der Waals surface area contributed by atoms with Crippen molar-refractivity contribution >= 4 is 22.7 Å². The minimum atomic E-state index is -0.974. The van der Waals surface area contributed by atoms with E-state index in [1.807, 2.05) is 30.3 Å². The molecule has 8 nitrogen and oxygen atoms in total. The lowest BCUT2D eigenvalue weighted by Gasteiger charge is -2.27. The highest BCUT2D eigenvalue weighted by atomic mass is 16.5. The van der Waals surface area contributed by atoms with E-state index in [4.69, 9.17) is 13.9 Å². The molecule has 0 saturated carbocycles. The minimum Gasteiger partial charge on any atom is -0.504 e. The number of para-hydroxylation sites is 2. The molecule has 5 rings (SSSR count). The first-order valence-electron chi connectivity index (χ1n) is 11.8. The van der Waals surface area contributed by atoms with Crippen LogP contribution in [-0.2, 0) is 11.3 Å². The lowest BCUT2D eigenvalue weighted by molar-refractivity contribution is -0.130. The van der Waals surface area contributed by atoms with Gasteiger partial charge in [-0.3, -0.25) is 9.59 Å². The number of carbonyl (C=O) groups is 2. The molecular formula is C29H25NO7. The van der Waals surface area contributed by atoms with Gasteiger partial charge < -0.3 is 29.0 Å². The molecule has 8 heteroatoms. The van der Waals surface area contributed by atoms with Crippen molar-refractivity contribution < 1.29 is 33.7 Å². The molecule has 0 aliphatic carbocycles. The molecule has 1 aliphatic rings. The average Bonchev–Trinajstić information content (AvgIpc) is 3.45. The Bertz CT molecular complexity index is 1500. The molecule has 2 heterocycles. The molecule has 1 aromatic heterocycles. The number of aliphatic hydroxyl groups excluding tert-OH is 1. The van der Waals surface area contributed by atoms with Crippen LogP contribution in [0.1, 0.15) is 34.6 Å². The van der Waals surface area contributed by atoms with Crippen LogP contribution in [0, 0.1) is 0 Å². The highest BCUT2D eigenvalue weighted by Crippen LogP contribution is 2.43. The highest BCUT2D eigenvalue weighted by Gasteiger charge is 2.45. The van der Waals surface area contributed by atoms with Gasteiger partial charge in [-0.15, -0.1) is 0 Å². The number of aliphatic hydroxyl groups is 1. The Kier molecular flexibility index (Phi) is 6.31. The summed E-state index contributed by atoms with van der Waals surface area (Å²) in [6.45, 7) is 2.14. The van der Waals surface area contributed by atoms with Crippen molar-refractivity contribution in [2.24, 2.45) is 0 Å². The fourth-order valence-electron chi connectivity index (χ4n) is 4.61. The maximum atomic E-state index is 13.8. The number of rotatable bonds is 8. The first-order chi connectivity index (χ1) is 17.9. The van der Waals surface area contributed by atoms with Gasteiger partial charge in [0.1, 0.15) is 11.3 Å². The number of phenols is 1. The van der Waals surface area contributed by atoms with E-state index in [-0.39, 0.29) is 29.4 Å². The van der Waals surface area contributed by atoms with E-state index in [9.17, 15) is 19.8 Å². The number of nitrogens with zero attached hydrogens (tertiary/aromatic N) is 1. The Morgan fingerprint density at radius 1 is 1.00 bits per heavy atom. The van der Waals surface area contributed by atoms with Crippen molar-refractivity contribution in [1.82, 2.24) is 4.90 Å². The number of carbonyl (C=O) groups excluding carboxylic acids is 2. The zero-order chi connectivity index (χ0) is 26.1. The van der Waals surface area contributed by atoms with Gasteiger partial charge in [0.15, 0.2) is 23.0 Å². The van der Waals surface area contributed by atoms with Crippen LogP contribution >= 0.6 is 0 Å². The van der Waals surface area contributed by atoms with Gasteiger partial charge in [0.2, 0.25) is 5.78 Å². The third-order valence-electron chi connectivity index (χ3n) is 6.33. The second-order valence-electron chi connectivity index (χ2n) is 8.55. The van der Waals surface area contributed by atoms with E-state index in [2.05, 4.69) is 0 Å². The van der Waals surface area contributed by atoms with Crippen LogP contribution in [0.5, 0.6) is 17.2 Å². The predicted octanol–water partition coefficient (Wildman–Crippen LogP) is 5.32. The largest absolute Gasteiger partial charge is 0.504 e. The van der Waals surface area contributed by atoms with E-state index < -0.39 is 23.5 Å². The molecule has 4 aromatic rings. The Hall–Kier alpha value is -4.72. The lowest BCUT2D eigenvalue weighted by Crippen LogP contribution is -2.31. The Morgan fingerprint density at radius 2 is 1.76 bits per heavy atom. The van der Waals surface area contributed by atoms with Crippen LogP contribution in [0.25, 0.3) is 11.0 Å². The molecule has 1 unspecified atom stereocenters. The molecule has 37 heavy (non-hydrogen) atoms. The Morgan fingerprint density at radius 3 is 2.51 bits per heavy atom. The molecule has 0 spiro atoms. The summed E-state index contributed by atoms with van der Waals surface area (Å²) < 4.78 is 16.8. The third kappa shape index (κ3) is 4.27. The van der Waals surface area contributed by atoms with E-state index >= 15 is 0 Å². The van der Waals surface area contributed by atoms with Gasteiger partial charge in [0.05, 0.1) is 31.9 Å². The van der Waals surface area contributed by atoms with Crippen molar-refractivity contribution in [2.45, 2.75) is 19.5 Å². The van der Waals surface area contributed by atoms with Crippen LogP contribution < -0.4 is 9.47 Å². The maximum Gasteiger partial charge on any atom is 0.290 e. The van der Waals surface area contributed by atoms with Crippen molar-refractivity contribution in [2.75, 3.05) is 13.7 Å². The summed E-state index contributed by atoms with van der Waals surface area (Å²) in [5.41, 5.74) is 1.57. The summed E-state index contributed by atoms with van der Waals surface area (Å²) in [5.74, 6) is -1.29. The van der Waals surface area contributed by atoms with E-state index in [1.165, 1.54) is 18.1 Å². The molecule has 188 valence electrons. The number of methoxy groups -OCH3 is 1. The molecule has 1 amide bonds. The number of benzene rings is 3. The second kappa shape index (κ2) is 9.73. The molecule has 0 radical (unpaired) electrons. The summed E-state index contributed by atoms with van der Waals surface area (Å²) in [6, 6.07) is 19.6.